The molecule has 1 aromatic carbocycles. The molecular weight excluding hydrogens is 386 g/mol. The zero-order chi connectivity index (χ0) is 17.1. The number of benzene rings is 1. The van der Waals surface area contributed by atoms with Gasteiger partial charge < -0.3 is 4.90 Å². The number of alkyl halides is 1. The van der Waals surface area contributed by atoms with Crippen LogP contribution in [0.4, 0.5) is 4.39 Å². The van der Waals surface area contributed by atoms with Gasteiger partial charge in [0.15, 0.2) is 0 Å². The summed E-state index contributed by atoms with van der Waals surface area (Å²) in [6.45, 7) is 2.88. The SMILES string of the molecule is Cl.O=C(Cc1ccc(Cl)c(Cl)c1)N1CCCCC1CN1CCC(F)C1. The number of hydrogen-bond acceptors (Lipinski definition) is 2. The summed E-state index contributed by atoms with van der Waals surface area (Å²) in [5, 5.41) is 0.974. The van der Waals surface area contributed by atoms with Crippen LogP contribution in [0.5, 0.6) is 0 Å². The molecule has 7 heteroatoms. The molecule has 0 saturated carbocycles. The van der Waals surface area contributed by atoms with E-state index in [0.29, 0.717) is 29.4 Å². The van der Waals surface area contributed by atoms with E-state index in [2.05, 4.69) is 4.90 Å². The van der Waals surface area contributed by atoms with E-state index >= 15 is 0 Å². The van der Waals surface area contributed by atoms with Crippen molar-refractivity contribution in [2.45, 2.75) is 44.3 Å². The van der Waals surface area contributed by atoms with Gasteiger partial charge in [-0.2, -0.15) is 0 Å². The maximum absolute atomic E-state index is 13.4. The van der Waals surface area contributed by atoms with Gasteiger partial charge in [0, 0.05) is 32.2 Å². The zero-order valence-corrected chi connectivity index (χ0v) is 16.4. The summed E-state index contributed by atoms with van der Waals surface area (Å²) in [6.07, 6.45) is 3.40. The fourth-order valence-corrected chi connectivity index (χ4v) is 4.01. The van der Waals surface area contributed by atoms with E-state index in [9.17, 15) is 9.18 Å². The van der Waals surface area contributed by atoms with Gasteiger partial charge >= 0.3 is 0 Å². The predicted octanol–water partition coefficient (Wildman–Crippen LogP) is 4.38. The van der Waals surface area contributed by atoms with E-state index in [0.717, 1.165) is 44.5 Å². The minimum atomic E-state index is -0.714. The lowest BCUT2D eigenvalue weighted by molar-refractivity contribution is -0.134. The normalized spacial score (nSPS) is 24.2. The molecule has 0 aliphatic carbocycles. The van der Waals surface area contributed by atoms with Crippen LogP contribution in [0.3, 0.4) is 0 Å². The first-order valence-corrected chi connectivity index (χ1v) is 9.38. The van der Waals surface area contributed by atoms with Crippen molar-refractivity contribution in [3.63, 3.8) is 0 Å². The van der Waals surface area contributed by atoms with Crippen LogP contribution in [-0.2, 0) is 11.2 Å². The summed E-state index contributed by atoms with van der Waals surface area (Å²) < 4.78 is 13.4. The highest BCUT2D eigenvalue weighted by atomic mass is 35.5. The highest BCUT2D eigenvalue weighted by Gasteiger charge is 2.31. The van der Waals surface area contributed by atoms with E-state index in [1.54, 1.807) is 12.1 Å². The van der Waals surface area contributed by atoms with E-state index in [4.69, 9.17) is 23.2 Å². The Labute approximate surface area is 164 Å². The molecule has 2 aliphatic heterocycles. The van der Waals surface area contributed by atoms with Gasteiger partial charge in [0.25, 0.3) is 0 Å². The third-order valence-electron chi connectivity index (χ3n) is 4.97. The molecule has 0 spiro atoms. The Hall–Kier alpha value is -0.550. The number of carbonyl (C=O) groups excluding carboxylic acids is 1. The number of nitrogens with zero attached hydrogens (tertiary/aromatic N) is 2. The van der Waals surface area contributed by atoms with Crippen LogP contribution < -0.4 is 0 Å². The van der Waals surface area contributed by atoms with Crippen molar-refractivity contribution >= 4 is 41.5 Å². The lowest BCUT2D eigenvalue weighted by Gasteiger charge is -2.38. The molecule has 2 saturated heterocycles. The molecule has 25 heavy (non-hydrogen) atoms. The van der Waals surface area contributed by atoms with Crippen LogP contribution in [0.2, 0.25) is 10.0 Å². The van der Waals surface area contributed by atoms with Crippen LogP contribution >= 0.6 is 35.6 Å². The van der Waals surface area contributed by atoms with Gasteiger partial charge in [-0.05, 0) is 43.4 Å². The van der Waals surface area contributed by atoms with Crippen molar-refractivity contribution in [3.8, 4) is 0 Å². The number of likely N-dealkylation sites (tertiary alicyclic amines) is 2. The van der Waals surface area contributed by atoms with Gasteiger partial charge in [-0.3, -0.25) is 9.69 Å². The number of halogens is 4. The molecule has 3 nitrogen and oxygen atoms in total. The Morgan fingerprint density at radius 2 is 1.96 bits per heavy atom. The van der Waals surface area contributed by atoms with Crippen LogP contribution in [-0.4, -0.2) is 54.1 Å². The van der Waals surface area contributed by atoms with Crippen molar-refractivity contribution < 1.29 is 9.18 Å². The van der Waals surface area contributed by atoms with Crippen molar-refractivity contribution in [2.24, 2.45) is 0 Å². The fraction of sp³-hybridized carbons (Fsp3) is 0.611. The van der Waals surface area contributed by atoms with Crippen LogP contribution in [0.25, 0.3) is 0 Å². The molecule has 3 rings (SSSR count). The third kappa shape index (κ3) is 5.46. The molecule has 0 aromatic heterocycles. The Balaban J connectivity index is 0.00000225. The second-order valence-electron chi connectivity index (χ2n) is 6.81. The lowest BCUT2D eigenvalue weighted by atomic mass is 10.00. The lowest BCUT2D eigenvalue weighted by Crippen LogP contribution is -2.49. The average molecular weight is 410 g/mol. The topological polar surface area (TPSA) is 23.6 Å². The summed E-state index contributed by atoms with van der Waals surface area (Å²) in [7, 11) is 0. The second-order valence-corrected chi connectivity index (χ2v) is 7.62. The first-order valence-electron chi connectivity index (χ1n) is 8.63. The number of amides is 1. The fourth-order valence-electron chi connectivity index (χ4n) is 3.69. The van der Waals surface area contributed by atoms with Crippen LogP contribution in [0.15, 0.2) is 18.2 Å². The van der Waals surface area contributed by atoms with Gasteiger partial charge in [0.1, 0.15) is 6.17 Å². The first kappa shape index (κ1) is 20.8. The van der Waals surface area contributed by atoms with E-state index in [-0.39, 0.29) is 24.4 Å². The third-order valence-corrected chi connectivity index (χ3v) is 5.71. The minimum Gasteiger partial charge on any atom is -0.338 e. The summed E-state index contributed by atoms with van der Waals surface area (Å²) >= 11 is 12.0. The van der Waals surface area contributed by atoms with Crippen molar-refractivity contribution in [3.05, 3.63) is 33.8 Å². The monoisotopic (exact) mass is 408 g/mol. The maximum atomic E-state index is 13.4. The van der Waals surface area contributed by atoms with Crippen LogP contribution in [0.1, 0.15) is 31.2 Å². The average Bonchev–Trinajstić information content (AvgIpc) is 2.96. The molecule has 0 bridgehead atoms. The highest BCUT2D eigenvalue weighted by molar-refractivity contribution is 6.42. The molecule has 0 radical (unpaired) electrons. The Bertz CT molecular complexity index is 602. The van der Waals surface area contributed by atoms with Gasteiger partial charge in [-0.15, -0.1) is 12.4 Å². The number of hydrogen-bond donors (Lipinski definition) is 0. The standard InChI is InChI=1S/C18H23Cl2FN2O.ClH/c19-16-5-4-13(9-17(16)20)10-18(24)23-7-2-1-3-15(23)12-22-8-6-14(21)11-22;/h4-5,9,14-15H,1-3,6-8,10-12H2;1H. The Kier molecular flexibility index (Phi) is 7.81. The summed E-state index contributed by atoms with van der Waals surface area (Å²) in [5.41, 5.74) is 0.878. The molecule has 1 amide bonds. The second kappa shape index (κ2) is 9.40. The first-order chi connectivity index (χ1) is 11.5. The summed E-state index contributed by atoms with van der Waals surface area (Å²) in [5.74, 6) is 0.120. The van der Waals surface area contributed by atoms with Gasteiger partial charge in [-0.1, -0.05) is 29.3 Å². The molecular formula is C18H24Cl3FN2O. The summed E-state index contributed by atoms with van der Waals surface area (Å²) in [6, 6.07) is 5.53. The molecule has 140 valence electrons. The summed E-state index contributed by atoms with van der Waals surface area (Å²) in [4.78, 5) is 16.9. The van der Waals surface area contributed by atoms with Crippen molar-refractivity contribution in [1.29, 1.82) is 0 Å². The number of rotatable bonds is 4. The number of carbonyl (C=O) groups is 1. The predicted molar refractivity (Wildman–Crippen MR) is 103 cm³/mol. The molecule has 2 heterocycles. The van der Waals surface area contributed by atoms with E-state index in [1.165, 1.54) is 0 Å². The van der Waals surface area contributed by atoms with E-state index < -0.39 is 6.17 Å². The quantitative estimate of drug-likeness (QED) is 0.736. The van der Waals surface area contributed by atoms with Crippen molar-refractivity contribution in [1.82, 2.24) is 9.80 Å². The molecule has 2 fully saturated rings. The highest BCUT2D eigenvalue weighted by Crippen LogP contribution is 2.25. The molecule has 2 aliphatic rings. The largest absolute Gasteiger partial charge is 0.338 e. The van der Waals surface area contributed by atoms with Gasteiger partial charge in [-0.25, -0.2) is 4.39 Å². The van der Waals surface area contributed by atoms with Gasteiger partial charge in [0.2, 0.25) is 5.91 Å². The Morgan fingerprint density at radius 1 is 1.16 bits per heavy atom. The van der Waals surface area contributed by atoms with Crippen molar-refractivity contribution in [2.75, 3.05) is 26.2 Å². The zero-order valence-electron chi connectivity index (χ0n) is 14.1. The molecule has 0 N–H and O–H groups in total. The van der Waals surface area contributed by atoms with Crippen LogP contribution in [0, 0.1) is 0 Å². The van der Waals surface area contributed by atoms with Gasteiger partial charge in [0.05, 0.1) is 16.5 Å². The van der Waals surface area contributed by atoms with E-state index in [1.807, 2.05) is 11.0 Å². The number of piperidine rings is 1. The smallest absolute Gasteiger partial charge is 0.227 e. The Morgan fingerprint density at radius 3 is 2.64 bits per heavy atom. The molecule has 2 unspecified atom stereocenters. The minimum absolute atomic E-state index is 0. The maximum Gasteiger partial charge on any atom is 0.227 e. The molecule has 1 aromatic rings. The molecule has 2 atom stereocenters.